The molecule has 0 spiro atoms. The van der Waals surface area contributed by atoms with Crippen LogP contribution in [0.25, 0.3) is 10.2 Å². The molecule has 6 nitrogen and oxygen atoms in total. The monoisotopic (exact) mass is 353 g/mol. The third kappa shape index (κ3) is 2.42. The molecule has 25 heavy (non-hydrogen) atoms. The maximum atomic E-state index is 12.8. The molecule has 0 fully saturated rings. The van der Waals surface area contributed by atoms with Crippen LogP contribution >= 0.6 is 11.3 Å². The summed E-state index contributed by atoms with van der Waals surface area (Å²) in [7, 11) is 0. The average molecular weight is 353 g/mol. The van der Waals surface area contributed by atoms with Crippen LogP contribution in [0.3, 0.4) is 0 Å². The molecule has 0 amide bonds. The first kappa shape index (κ1) is 14.7. The van der Waals surface area contributed by atoms with Crippen molar-refractivity contribution < 1.29 is 9.47 Å². The highest BCUT2D eigenvalue weighted by atomic mass is 32.1. The van der Waals surface area contributed by atoms with Crippen molar-refractivity contribution in [2.24, 2.45) is 5.10 Å². The lowest BCUT2D eigenvalue weighted by Gasteiger charge is -2.09. The number of nitrogens with zero attached hydrogens (tertiary/aromatic N) is 3. The maximum absolute atomic E-state index is 12.8. The topological polar surface area (TPSA) is 65.7 Å². The predicted octanol–water partition coefficient (Wildman–Crippen LogP) is 2.95. The standard InChI is InChI=1S/C18H15N3O3S/c22-18-16-12-3-1-2-4-15(12)25-17(16)19-9-21(18)20-8-11-5-6-13-14(7-11)24-10-23-13/h5-9H,1-4,10H2. The second-order valence-corrected chi connectivity index (χ2v) is 7.23. The molecule has 3 aromatic rings. The van der Waals surface area contributed by atoms with Crippen molar-refractivity contribution in [2.45, 2.75) is 25.7 Å². The van der Waals surface area contributed by atoms with Crippen LogP contribution in [0, 0.1) is 0 Å². The first-order valence-corrected chi connectivity index (χ1v) is 9.07. The van der Waals surface area contributed by atoms with E-state index in [1.165, 1.54) is 27.9 Å². The molecular formula is C18H15N3O3S. The minimum atomic E-state index is -0.0959. The first-order valence-electron chi connectivity index (χ1n) is 8.25. The highest BCUT2D eigenvalue weighted by Crippen LogP contribution is 2.33. The van der Waals surface area contributed by atoms with Gasteiger partial charge in [-0.05, 0) is 55.0 Å². The number of benzene rings is 1. The van der Waals surface area contributed by atoms with Crippen LogP contribution in [0.15, 0.2) is 34.4 Å². The molecule has 0 radical (unpaired) electrons. The van der Waals surface area contributed by atoms with Crippen LogP contribution in [0.5, 0.6) is 11.5 Å². The number of ether oxygens (including phenoxy) is 2. The van der Waals surface area contributed by atoms with Gasteiger partial charge in [-0.25, -0.2) is 4.98 Å². The Bertz CT molecular complexity index is 1070. The van der Waals surface area contributed by atoms with E-state index < -0.39 is 0 Å². The third-order valence-electron chi connectivity index (χ3n) is 4.59. The van der Waals surface area contributed by atoms with Crippen LogP contribution in [0.4, 0.5) is 0 Å². The van der Waals surface area contributed by atoms with Gasteiger partial charge >= 0.3 is 0 Å². The van der Waals surface area contributed by atoms with Gasteiger partial charge in [-0.3, -0.25) is 4.79 Å². The average Bonchev–Trinajstić information content (AvgIpc) is 3.25. The summed E-state index contributed by atoms with van der Waals surface area (Å²) in [6.07, 6.45) is 7.47. The zero-order valence-corrected chi connectivity index (χ0v) is 14.2. The summed E-state index contributed by atoms with van der Waals surface area (Å²) in [5.41, 5.74) is 1.92. The fourth-order valence-electron chi connectivity index (χ4n) is 3.34. The minimum Gasteiger partial charge on any atom is -0.454 e. The summed E-state index contributed by atoms with van der Waals surface area (Å²) < 4.78 is 12.0. The summed E-state index contributed by atoms with van der Waals surface area (Å²) >= 11 is 1.64. The van der Waals surface area contributed by atoms with E-state index in [0.29, 0.717) is 5.75 Å². The lowest BCUT2D eigenvalue weighted by molar-refractivity contribution is 0.174. The van der Waals surface area contributed by atoms with Crippen LogP contribution in [-0.4, -0.2) is 22.7 Å². The molecule has 2 aliphatic rings. The van der Waals surface area contributed by atoms with Gasteiger partial charge in [0.1, 0.15) is 11.2 Å². The zero-order valence-electron chi connectivity index (χ0n) is 13.4. The van der Waals surface area contributed by atoms with Gasteiger partial charge in [-0.1, -0.05) is 0 Å². The molecular weight excluding hydrogens is 338 g/mol. The van der Waals surface area contributed by atoms with Crippen molar-refractivity contribution >= 4 is 27.8 Å². The summed E-state index contributed by atoms with van der Waals surface area (Å²) in [6, 6.07) is 5.55. The highest BCUT2D eigenvalue weighted by molar-refractivity contribution is 7.18. The Kier molecular flexibility index (Phi) is 3.34. The van der Waals surface area contributed by atoms with E-state index in [-0.39, 0.29) is 12.4 Å². The molecule has 1 aliphatic carbocycles. The van der Waals surface area contributed by atoms with Crippen molar-refractivity contribution in [3.8, 4) is 11.5 Å². The molecule has 1 aromatic carbocycles. The van der Waals surface area contributed by atoms with Crippen LogP contribution in [0.1, 0.15) is 28.8 Å². The van der Waals surface area contributed by atoms with Crippen LogP contribution < -0.4 is 15.0 Å². The van der Waals surface area contributed by atoms with Gasteiger partial charge in [0.05, 0.1) is 11.6 Å². The van der Waals surface area contributed by atoms with E-state index in [1.807, 2.05) is 18.2 Å². The molecule has 3 heterocycles. The summed E-state index contributed by atoms with van der Waals surface area (Å²) in [4.78, 5) is 19.4. The fraction of sp³-hybridized carbons (Fsp3) is 0.278. The lowest BCUT2D eigenvalue weighted by Crippen LogP contribution is -2.18. The number of aryl methyl sites for hydroxylation is 2. The minimum absolute atomic E-state index is 0.0959. The Morgan fingerprint density at radius 3 is 3.04 bits per heavy atom. The van der Waals surface area contributed by atoms with Crippen molar-refractivity contribution in [1.29, 1.82) is 0 Å². The van der Waals surface area contributed by atoms with E-state index in [4.69, 9.17) is 9.47 Å². The molecule has 0 saturated carbocycles. The second kappa shape index (κ2) is 5.70. The molecule has 0 N–H and O–H groups in total. The molecule has 0 saturated heterocycles. The van der Waals surface area contributed by atoms with E-state index >= 15 is 0 Å². The Balaban J connectivity index is 1.54. The number of aromatic nitrogens is 2. The summed E-state index contributed by atoms with van der Waals surface area (Å²) in [5.74, 6) is 1.42. The summed E-state index contributed by atoms with van der Waals surface area (Å²) in [6.45, 7) is 0.235. The van der Waals surface area contributed by atoms with Gasteiger partial charge in [0, 0.05) is 4.88 Å². The molecule has 0 atom stereocenters. The Morgan fingerprint density at radius 1 is 1.20 bits per heavy atom. The van der Waals surface area contributed by atoms with Gasteiger partial charge < -0.3 is 9.47 Å². The zero-order chi connectivity index (χ0) is 16.8. The molecule has 126 valence electrons. The van der Waals surface area contributed by atoms with E-state index in [2.05, 4.69) is 10.1 Å². The third-order valence-corrected chi connectivity index (χ3v) is 5.79. The highest BCUT2D eigenvalue weighted by Gasteiger charge is 2.20. The Hall–Kier alpha value is -2.67. The maximum Gasteiger partial charge on any atom is 0.282 e. The van der Waals surface area contributed by atoms with E-state index in [0.717, 1.165) is 40.8 Å². The SMILES string of the molecule is O=c1c2c3c(sc2ncn1N=Cc1ccc2c(c1)OCO2)CCCC3. The van der Waals surface area contributed by atoms with Gasteiger partial charge in [0.25, 0.3) is 5.56 Å². The van der Waals surface area contributed by atoms with Crippen LogP contribution in [-0.2, 0) is 12.8 Å². The number of hydrogen-bond donors (Lipinski definition) is 0. The molecule has 0 bridgehead atoms. The quantitative estimate of drug-likeness (QED) is 0.665. The van der Waals surface area contributed by atoms with Crippen molar-refractivity contribution in [3.63, 3.8) is 0 Å². The van der Waals surface area contributed by atoms with Crippen LogP contribution in [0.2, 0.25) is 0 Å². The van der Waals surface area contributed by atoms with E-state index in [9.17, 15) is 4.79 Å². The normalized spacial score (nSPS) is 15.8. The molecule has 5 rings (SSSR count). The number of rotatable bonds is 2. The number of hydrogen-bond acceptors (Lipinski definition) is 6. The van der Waals surface area contributed by atoms with Gasteiger partial charge in [0.2, 0.25) is 6.79 Å². The lowest BCUT2D eigenvalue weighted by atomic mass is 9.97. The van der Waals surface area contributed by atoms with Gasteiger partial charge in [0.15, 0.2) is 11.5 Å². The molecule has 1 aliphatic heterocycles. The first-order chi connectivity index (χ1) is 12.3. The van der Waals surface area contributed by atoms with Crippen molar-refractivity contribution in [2.75, 3.05) is 6.79 Å². The molecule has 2 aromatic heterocycles. The van der Waals surface area contributed by atoms with Gasteiger partial charge in [-0.2, -0.15) is 9.78 Å². The number of thiophene rings is 1. The number of fused-ring (bicyclic) bond motifs is 4. The molecule has 0 unspecified atom stereocenters. The second-order valence-electron chi connectivity index (χ2n) is 6.14. The Labute approximate surface area is 147 Å². The fourth-order valence-corrected chi connectivity index (χ4v) is 4.56. The van der Waals surface area contributed by atoms with E-state index in [1.54, 1.807) is 17.6 Å². The predicted molar refractivity (Wildman–Crippen MR) is 96.1 cm³/mol. The molecule has 7 heteroatoms. The van der Waals surface area contributed by atoms with Crippen molar-refractivity contribution in [1.82, 2.24) is 9.66 Å². The largest absolute Gasteiger partial charge is 0.454 e. The van der Waals surface area contributed by atoms with Gasteiger partial charge in [-0.15, -0.1) is 11.3 Å². The van der Waals surface area contributed by atoms with Crippen molar-refractivity contribution in [3.05, 3.63) is 50.9 Å². The Morgan fingerprint density at radius 2 is 2.08 bits per heavy atom. The smallest absolute Gasteiger partial charge is 0.282 e. The summed E-state index contributed by atoms with van der Waals surface area (Å²) in [5, 5.41) is 5.05.